The first-order valence-corrected chi connectivity index (χ1v) is 8.36. The van der Waals surface area contributed by atoms with E-state index in [1.54, 1.807) is 0 Å². The van der Waals surface area contributed by atoms with Gasteiger partial charge < -0.3 is 15.0 Å². The molecule has 1 aromatic rings. The third-order valence-electron chi connectivity index (χ3n) is 4.72. The van der Waals surface area contributed by atoms with Crippen LogP contribution < -0.4 is 5.32 Å². The predicted molar refractivity (Wildman–Crippen MR) is 106 cm³/mol. The summed E-state index contributed by atoms with van der Waals surface area (Å²) in [5.41, 5.74) is 1.61. The van der Waals surface area contributed by atoms with E-state index >= 15 is 0 Å². The molecule has 1 N–H and O–H groups in total. The fraction of sp³-hybridized carbons (Fsp3) is 0.588. The van der Waals surface area contributed by atoms with Gasteiger partial charge in [-0.1, -0.05) is 23.7 Å². The molecule has 2 saturated heterocycles. The molecule has 1 atom stereocenters. The van der Waals surface area contributed by atoms with Gasteiger partial charge in [-0.15, -0.1) is 24.0 Å². The lowest BCUT2D eigenvalue weighted by Gasteiger charge is -2.25. The van der Waals surface area contributed by atoms with E-state index < -0.39 is 0 Å². The molecule has 0 aliphatic carbocycles. The van der Waals surface area contributed by atoms with Crippen LogP contribution in [0.4, 0.5) is 0 Å². The topological polar surface area (TPSA) is 36.9 Å². The van der Waals surface area contributed by atoms with Gasteiger partial charge in [-0.25, -0.2) is 0 Å². The minimum Gasteiger partial charge on any atom is -0.381 e. The molecule has 128 valence electrons. The largest absolute Gasteiger partial charge is 0.381 e. The van der Waals surface area contributed by atoms with Crippen LogP contribution in [0.3, 0.4) is 0 Å². The molecule has 1 aromatic carbocycles. The van der Waals surface area contributed by atoms with Crippen LogP contribution in [-0.4, -0.2) is 50.8 Å². The summed E-state index contributed by atoms with van der Waals surface area (Å²) in [6.45, 7) is 4.81. The lowest BCUT2D eigenvalue weighted by Crippen LogP contribution is -2.42. The van der Waals surface area contributed by atoms with E-state index in [2.05, 4.69) is 21.3 Å². The molecule has 3 rings (SSSR count). The molecule has 2 heterocycles. The Bertz CT molecular complexity index is 546. The second-order valence-electron chi connectivity index (χ2n) is 6.33. The maximum absolute atomic E-state index is 6.02. The zero-order valence-electron chi connectivity index (χ0n) is 13.6. The summed E-state index contributed by atoms with van der Waals surface area (Å²) in [5.74, 6) is 1.01. The van der Waals surface area contributed by atoms with Crippen LogP contribution in [-0.2, 0) is 11.2 Å². The standard InChI is InChI=1S/C17H24ClN3O.HI/c1-19-16(20-8-5-14-3-2-4-15(18)11-14)21-9-6-17(12-21)7-10-22-13-17;/h2-4,11H,5-10,12-13H2,1H3,(H,19,20);1H. The van der Waals surface area contributed by atoms with Crippen molar-refractivity contribution in [2.75, 3.05) is 39.9 Å². The molecule has 0 bridgehead atoms. The van der Waals surface area contributed by atoms with E-state index in [0.29, 0.717) is 5.41 Å². The van der Waals surface area contributed by atoms with Crippen molar-refractivity contribution in [3.05, 3.63) is 34.9 Å². The van der Waals surface area contributed by atoms with Gasteiger partial charge in [-0.3, -0.25) is 4.99 Å². The summed E-state index contributed by atoms with van der Waals surface area (Å²) in [7, 11) is 1.86. The van der Waals surface area contributed by atoms with E-state index in [1.807, 2.05) is 25.2 Å². The Morgan fingerprint density at radius 1 is 1.43 bits per heavy atom. The molecule has 23 heavy (non-hydrogen) atoms. The highest BCUT2D eigenvalue weighted by molar-refractivity contribution is 14.0. The molecule has 1 spiro atoms. The summed E-state index contributed by atoms with van der Waals surface area (Å²) in [5, 5.41) is 4.27. The van der Waals surface area contributed by atoms with Gasteiger partial charge in [0.15, 0.2) is 5.96 Å². The summed E-state index contributed by atoms with van der Waals surface area (Å²) in [6.07, 6.45) is 3.34. The monoisotopic (exact) mass is 449 g/mol. The first-order chi connectivity index (χ1) is 10.7. The second kappa shape index (κ2) is 8.53. The summed E-state index contributed by atoms with van der Waals surface area (Å²) < 4.78 is 5.59. The second-order valence-corrected chi connectivity index (χ2v) is 6.76. The molecule has 0 amide bonds. The fourth-order valence-electron chi connectivity index (χ4n) is 3.43. The minimum atomic E-state index is 0. The maximum atomic E-state index is 6.02. The lowest BCUT2D eigenvalue weighted by molar-refractivity contribution is 0.156. The Hall–Kier alpha value is -0.530. The third kappa shape index (κ3) is 4.73. The molecule has 0 aromatic heterocycles. The van der Waals surface area contributed by atoms with Gasteiger partial charge in [0.2, 0.25) is 0 Å². The highest BCUT2D eigenvalue weighted by Crippen LogP contribution is 2.38. The van der Waals surface area contributed by atoms with Crippen LogP contribution in [0.2, 0.25) is 5.02 Å². The van der Waals surface area contributed by atoms with Crippen LogP contribution >= 0.6 is 35.6 Å². The van der Waals surface area contributed by atoms with E-state index in [-0.39, 0.29) is 24.0 Å². The zero-order valence-corrected chi connectivity index (χ0v) is 16.6. The van der Waals surface area contributed by atoms with Crippen LogP contribution in [0.1, 0.15) is 18.4 Å². The number of nitrogens with one attached hydrogen (secondary N) is 1. The van der Waals surface area contributed by atoms with E-state index in [4.69, 9.17) is 16.3 Å². The number of hydrogen-bond acceptors (Lipinski definition) is 2. The molecule has 0 radical (unpaired) electrons. The Morgan fingerprint density at radius 3 is 3.00 bits per heavy atom. The van der Waals surface area contributed by atoms with Gasteiger partial charge in [0, 0.05) is 43.7 Å². The van der Waals surface area contributed by atoms with Crippen LogP contribution in [0, 0.1) is 5.41 Å². The quantitative estimate of drug-likeness (QED) is 0.437. The molecule has 4 nitrogen and oxygen atoms in total. The number of ether oxygens (including phenoxy) is 1. The average molecular weight is 450 g/mol. The van der Waals surface area contributed by atoms with Crippen molar-refractivity contribution < 1.29 is 4.74 Å². The summed E-state index contributed by atoms with van der Waals surface area (Å²) in [4.78, 5) is 6.81. The number of guanidine groups is 1. The molecule has 2 fully saturated rings. The van der Waals surface area contributed by atoms with Gasteiger partial charge >= 0.3 is 0 Å². The van der Waals surface area contributed by atoms with Crippen LogP contribution in [0.15, 0.2) is 29.3 Å². The molecular formula is C17H25ClIN3O. The van der Waals surface area contributed by atoms with Crippen molar-refractivity contribution in [1.82, 2.24) is 10.2 Å². The molecule has 6 heteroatoms. The number of rotatable bonds is 3. The average Bonchev–Trinajstić information content (AvgIpc) is 3.14. The van der Waals surface area contributed by atoms with Gasteiger partial charge in [-0.05, 0) is 37.0 Å². The molecule has 2 aliphatic heterocycles. The number of aliphatic imine (C=N–C) groups is 1. The van der Waals surface area contributed by atoms with Crippen molar-refractivity contribution in [1.29, 1.82) is 0 Å². The Morgan fingerprint density at radius 2 is 2.30 bits per heavy atom. The summed E-state index contributed by atoms with van der Waals surface area (Å²) >= 11 is 6.02. The molecule has 2 aliphatic rings. The van der Waals surface area contributed by atoms with Crippen molar-refractivity contribution in [2.45, 2.75) is 19.3 Å². The molecular weight excluding hydrogens is 425 g/mol. The lowest BCUT2D eigenvalue weighted by atomic mass is 9.87. The van der Waals surface area contributed by atoms with Gasteiger partial charge in [0.1, 0.15) is 0 Å². The van der Waals surface area contributed by atoms with Crippen LogP contribution in [0.5, 0.6) is 0 Å². The van der Waals surface area contributed by atoms with Crippen molar-refractivity contribution in [2.24, 2.45) is 10.4 Å². The molecule has 1 unspecified atom stereocenters. The third-order valence-corrected chi connectivity index (χ3v) is 4.96. The summed E-state index contributed by atoms with van der Waals surface area (Å²) in [6, 6.07) is 8.03. The number of likely N-dealkylation sites (tertiary alicyclic amines) is 1. The Balaban J connectivity index is 0.00000192. The fourth-order valence-corrected chi connectivity index (χ4v) is 3.64. The van der Waals surface area contributed by atoms with Crippen molar-refractivity contribution >= 4 is 41.5 Å². The first kappa shape index (κ1) is 18.8. The highest BCUT2D eigenvalue weighted by Gasteiger charge is 2.42. The van der Waals surface area contributed by atoms with E-state index in [9.17, 15) is 0 Å². The predicted octanol–water partition coefficient (Wildman–Crippen LogP) is 3.19. The molecule has 0 saturated carbocycles. The van der Waals surface area contributed by atoms with Crippen molar-refractivity contribution in [3.8, 4) is 0 Å². The maximum Gasteiger partial charge on any atom is 0.193 e. The first-order valence-electron chi connectivity index (χ1n) is 7.99. The number of nitrogens with zero attached hydrogens (tertiary/aromatic N) is 2. The number of hydrogen-bond donors (Lipinski definition) is 1. The normalized spacial score (nSPS) is 24.1. The highest BCUT2D eigenvalue weighted by atomic mass is 127. The number of benzene rings is 1. The van der Waals surface area contributed by atoms with Gasteiger partial charge in [0.25, 0.3) is 0 Å². The Kier molecular flexibility index (Phi) is 6.98. The van der Waals surface area contributed by atoms with E-state index in [0.717, 1.165) is 50.3 Å². The smallest absolute Gasteiger partial charge is 0.193 e. The van der Waals surface area contributed by atoms with Crippen LogP contribution in [0.25, 0.3) is 0 Å². The zero-order chi connectivity index (χ0) is 15.4. The van der Waals surface area contributed by atoms with E-state index in [1.165, 1.54) is 18.4 Å². The number of halogens is 2. The SMILES string of the molecule is CN=C(NCCc1cccc(Cl)c1)N1CCC2(CCOC2)C1.I. The van der Waals surface area contributed by atoms with Crippen molar-refractivity contribution in [3.63, 3.8) is 0 Å². The van der Waals surface area contributed by atoms with Gasteiger partial charge in [-0.2, -0.15) is 0 Å². The minimum absolute atomic E-state index is 0. The van der Waals surface area contributed by atoms with Gasteiger partial charge in [0.05, 0.1) is 6.61 Å². The Labute approximate surface area is 160 Å².